The molecular weight excluding hydrogens is 198 g/mol. The zero-order valence-corrected chi connectivity index (χ0v) is 10.7. The van der Waals surface area contributed by atoms with Gasteiger partial charge in [0.2, 0.25) is 0 Å². The number of rotatable bonds is 7. The molecule has 3 heteroatoms. The molecule has 0 aliphatic rings. The fourth-order valence-corrected chi connectivity index (χ4v) is 1.76. The van der Waals surface area contributed by atoms with Crippen LogP contribution in [0.25, 0.3) is 0 Å². The monoisotopic (exact) mass is 221 g/mol. The lowest BCUT2D eigenvalue weighted by molar-refractivity contribution is 0.300. The molecule has 0 saturated heterocycles. The SMILES string of the molecule is CCCN(CC)CCNc1ccncc1C. The van der Waals surface area contributed by atoms with Crippen LogP contribution in [-0.4, -0.2) is 36.1 Å². The number of aromatic nitrogens is 1. The Morgan fingerprint density at radius 1 is 1.31 bits per heavy atom. The number of nitrogens with one attached hydrogen (secondary N) is 1. The molecule has 0 aliphatic heterocycles. The van der Waals surface area contributed by atoms with Crippen LogP contribution >= 0.6 is 0 Å². The minimum atomic E-state index is 0.999. The normalized spacial score (nSPS) is 10.8. The molecule has 1 aromatic heterocycles. The third-order valence-corrected chi connectivity index (χ3v) is 2.75. The Balaban J connectivity index is 2.32. The minimum Gasteiger partial charge on any atom is -0.383 e. The Bertz CT molecular complexity index is 299. The molecule has 0 atom stereocenters. The van der Waals surface area contributed by atoms with Gasteiger partial charge in [-0.3, -0.25) is 4.98 Å². The lowest BCUT2D eigenvalue weighted by Gasteiger charge is -2.20. The number of likely N-dealkylation sites (N-methyl/N-ethyl adjacent to an activating group) is 1. The molecule has 0 aliphatic carbocycles. The molecule has 0 bridgehead atoms. The smallest absolute Gasteiger partial charge is 0.0401 e. The van der Waals surface area contributed by atoms with E-state index in [1.54, 1.807) is 0 Å². The van der Waals surface area contributed by atoms with Crippen LogP contribution in [-0.2, 0) is 0 Å². The van der Waals surface area contributed by atoms with E-state index in [9.17, 15) is 0 Å². The quantitative estimate of drug-likeness (QED) is 0.767. The summed E-state index contributed by atoms with van der Waals surface area (Å²) in [5.74, 6) is 0. The van der Waals surface area contributed by atoms with Crippen molar-refractivity contribution in [3.05, 3.63) is 24.0 Å². The molecule has 16 heavy (non-hydrogen) atoms. The first kappa shape index (κ1) is 13.0. The van der Waals surface area contributed by atoms with Gasteiger partial charge in [0.15, 0.2) is 0 Å². The highest BCUT2D eigenvalue weighted by atomic mass is 15.1. The number of pyridine rings is 1. The lowest BCUT2D eigenvalue weighted by Crippen LogP contribution is -2.29. The van der Waals surface area contributed by atoms with Crippen molar-refractivity contribution in [3.8, 4) is 0 Å². The molecule has 1 N–H and O–H groups in total. The highest BCUT2D eigenvalue weighted by Gasteiger charge is 2.01. The van der Waals surface area contributed by atoms with Crippen molar-refractivity contribution >= 4 is 5.69 Å². The largest absolute Gasteiger partial charge is 0.383 e. The van der Waals surface area contributed by atoms with Gasteiger partial charge in [0.05, 0.1) is 0 Å². The van der Waals surface area contributed by atoms with Crippen molar-refractivity contribution < 1.29 is 0 Å². The van der Waals surface area contributed by atoms with Crippen LogP contribution in [0, 0.1) is 6.92 Å². The van der Waals surface area contributed by atoms with Gasteiger partial charge in [-0.2, -0.15) is 0 Å². The van der Waals surface area contributed by atoms with Crippen molar-refractivity contribution in [3.63, 3.8) is 0 Å². The predicted molar refractivity (Wildman–Crippen MR) is 69.9 cm³/mol. The summed E-state index contributed by atoms with van der Waals surface area (Å²) in [5, 5.41) is 3.45. The summed E-state index contributed by atoms with van der Waals surface area (Å²) < 4.78 is 0. The van der Waals surface area contributed by atoms with Gasteiger partial charge in [0, 0.05) is 31.2 Å². The van der Waals surface area contributed by atoms with Crippen LogP contribution in [0.15, 0.2) is 18.5 Å². The van der Waals surface area contributed by atoms with Gasteiger partial charge in [0.25, 0.3) is 0 Å². The predicted octanol–water partition coefficient (Wildman–Crippen LogP) is 2.53. The van der Waals surface area contributed by atoms with Crippen LogP contribution in [0.3, 0.4) is 0 Å². The molecule has 1 aromatic rings. The van der Waals surface area contributed by atoms with E-state index in [1.807, 2.05) is 18.5 Å². The molecule has 0 radical (unpaired) electrons. The molecule has 1 heterocycles. The van der Waals surface area contributed by atoms with Gasteiger partial charge >= 0.3 is 0 Å². The number of hydrogen-bond acceptors (Lipinski definition) is 3. The zero-order valence-electron chi connectivity index (χ0n) is 10.7. The first-order valence-electron chi connectivity index (χ1n) is 6.14. The first-order chi connectivity index (χ1) is 7.77. The fourth-order valence-electron chi connectivity index (χ4n) is 1.76. The number of nitrogens with zero attached hydrogens (tertiary/aromatic N) is 2. The molecule has 0 fully saturated rings. The Morgan fingerprint density at radius 3 is 2.75 bits per heavy atom. The third kappa shape index (κ3) is 4.19. The Morgan fingerprint density at radius 2 is 2.12 bits per heavy atom. The second kappa shape index (κ2) is 7.23. The second-order valence-corrected chi connectivity index (χ2v) is 4.05. The summed E-state index contributed by atoms with van der Waals surface area (Å²) in [7, 11) is 0. The van der Waals surface area contributed by atoms with E-state index >= 15 is 0 Å². The maximum absolute atomic E-state index is 4.08. The Hall–Kier alpha value is -1.09. The van der Waals surface area contributed by atoms with E-state index in [-0.39, 0.29) is 0 Å². The topological polar surface area (TPSA) is 28.2 Å². The maximum atomic E-state index is 4.08. The van der Waals surface area contributed by atoms with Crippen molar-refractivity contribution in [2.24, 2.45) is 0 Å². The number of aryl methyl sites for hydroxylation is 1. The van der Waals surface area contributed by atoms with Gasteiger partial charge in [-0.05, 0) is 38.1 Å². The number of anilines is 1. The van der Waals surface area contributed by atoms with Gasteiger partial charge in [0.1, 0.15) is 0 Å². The summed E-state index contributed by atoms with van der Waals surface area (Å²) in [6.45, 7) is 10.9. The van der Waals surface area contributed by atoms with E-state index in [1.165, 1.54) is 24.2 Å². The van der Waals surface area contributed by atoms with Crippen molar-refractivity contribution in [1.82, 2.24) is 9.88 Å². The molecule has 0 saturated carbocycles. The van der Waals surface area contributed by atoms with Crippen LogP contribution in [0.1, 0.15) is 25.8 Å². The molecule has 0 unspecified atom stereocenters. The standard InChI is InChI=1S/C13H23N3/c1-4-9-16(5-2)10-8-15-13-6-7-14-11-12(13)3/h6-7,11H,4-5,8-10H2,1-3H3,(H,14,15). The molecule has 0 spiro atoms. The summed E-state index contributed by atoms with van der Waals surface area (Å²) in [6, 6.07) is 2.03. The Kier molecular flexibility index (Phi) is 5.86. The van der Waals surface area contributed by atoms with E-state index in [4.69, 9.17) is 0 Å². The summed E-state index contributed by atoms with van der Waals surface area (Å²) >= 11 is 0. The van der Waals surface area contributed by atoms with Crippen LogP contribution in [0.5, 0.6) is 0 Å². The lowest BCUT2D eigenvalue weighted by atomic mass is 10.2. The van der Waals surface area contributed by atoms with Crippen LogP contribution < -0.4 is 5.32 Å². The van der Waals surface area contributed by atoms with E-state index in [0.29, 0.717) is 0 Å². The first-order valence-corrected chi connectivity index (χ1v) is 6.14. The van der Waals surface area contributed by atoms with E-state index in [0.717, 1.165) is 19.6 Å². The van der Waals surface area contributed by atoms with Gasteiger partial charge in [-0.25, -0.2) is 0 Å². The minimum absolute atomic E-state index is 0.999. The van der Waals surface area contributed by atoms with Crippen molar-refractivity contribution in [2.45, 2.75) is 27.2 Å². The van der Waals surface area contributed by atoms with Gasteiger partial charge in [-0.1, -0.05) is 13.8 Å². The van der Waals surface area contributed by atoms with Gasteiger partial charge < -0.3 is 10.2 Å². The highest BCUT2D eigenvalue weighted by Crippen LogP contribution is 2.10. The highest BCUT2D eigenvalue weighted by molar-refractivity contribution is 5.48. The van der Waals surface area contributed by atoms with Crippen LogP contribution in [0.2, 0.25) is 0 Å². The maximum Gasteiger partial charge on any atom is 0.0401 e. The molecule has 1 rings (SSSR count). The molecule has 3 nitrogen and oxygen atoms in total. The molecular formula is C13H23N3. The average molecular weight is 221 g/mol. The third-order valence-electron chi connectivity index (χ3n) is 2.75. The van der Waals surface area contributed by atoms with Crippen molar-refractivity contribution in [2.75, 3.05) is 31.5 Å². The average Bonchev–Trinajstić information content (AvgIpc) is 2.30. The second-order valence-electron chi connectivity index (χ2n) is 4.05. The van der Waals surface area contributed by atoms with Crippen LogP contribution in [0.4, 0.5) is 5.69 Å². The van der Waals surface area contributed by atoms with E-state index in [2.05, 4.69) is 36.0 Å². The number of hydrogen-bond donors (Lipinski definition) is 1. The molecule has 0 aromatic carbocycles. The molecule has 0 amide bonds. The Labute approximate surface area is 98.9 Å². The fraction of sp³-hybridized carbons (Fsp3) is 0.615. The summed E-state index contributed by atoms with van der Waals surface area (Å²) in [6.07, 6.45) is 4.95. The molecule has 90 valence electrons. The zero-order chi connectivity index (χ0) is 11.8. The van der Waals surface area contributed by atoms with Crippen molar-refractivity contribution in [1.29, 1.82) is 0 Å². The summed E-state index contributed by atoms with van der Waals surface area (Å²) in [5.41, 5.74) is 2.41. The summed E-state index contributed by atoms with van der Waals surface area (Å²) in [4.78, 5) is 6.55. The van der Waals surface area contributed by atoms with E-state index < -0.39 is 0 Å². The van der Waals surface area contributed by atoms with Gasteiger partial charge in [-0.15, -0.1) is 0 Å².